The van der Waals surface area contributed by atoms with E-state index in [4.69, 9.17) is 0 Å². The van der Waals surface area contributed by atoms with Crippen molar-refractivity contribution in [2.24, 2.45) is 0 Å². The number of nitrogens with one attached hydrogen (secondary N) is 1. The minimum Gasteiger partial charge on any atom is -0.395 e. The molecule has 1 amide bonds. The van der Waals surface area contributed by atoms with Gasteiger partial charge in [-0.2, -0.15) is 0 Å². The number of pyridine rings is 1. The second kappa shape index (κ2) is 5.14. The molecule has 1 aromatic carbocycles. The van der Waals surface area contributed by atoms with Gasteiger partial charge in [0.25, 0.3) is 0 Å². The van der Waals surface area contributed by atoms with Crippen LogP contribution in [-0.4, -0.2) is 39.1 Å². The fourth-order valence-corrected chi connectivity index (χ4v) is 3.28. The molecule has 122 valence electrons. The van der Waals surface area contributed by atoms with Gasteiger partial charge in [-0.25, -0.2) is 4.98 Å². The van der Waals surface area contributed by atoms with Crippen molar-refractivity contribution in [3.63, 3.8) is 0 Å². The number of rotatable bonds is 3. The van der Waals surface area contributed by atoms with E-state index in [9.17, 15) is 9.90 Å². The first kappa shape index (κ1) is 14.8. The standard InChI is InChI=1S/C18H18N4O2/c1-18(2)11-9-13-14(10-15(11)22(7-8-23)17(18)24)21-16(20-13)12-5-3-4-6-19-12/h3-6,9-10,23H,7-8H2,1-2H3,(H,20,21). The monoisotopic (exact) mass is 322 g/mol. The third-order valence-corrected chi connectivity index (χ3v) is 4.57. The molecule has 4 rings (SSSR count). The van der Waals surface area contributed by atoms with E-state index in [2.05, 4.69) is 15.0 Å². The number of H-pyrrole nitrogens is 1. The van der Waals surface area contributed by atoms with Crippen molar-refractivity contribution in [2.45, 2.75) is 19.3 Å². The number of carbonyl (C=O) groups excluding carboxylic acids is 1. The van der Waals surface area contributed by atoms with E-state index in [0.717, 1.165) is 28.0 Å². The van der Waals surface area contributed by atoms with Crippen molar-refractivity contribution >= 4 is 22.6 Å². The molecule has 6 heteroatoms. The summed E-state index contributed by atoms with van der Waals surface area (Å²) in [5.74, 6) is 0.705. The highest BCUT2D eigenvalue weighted by Gasteiger charge is 2.44. The molecule has 2 N–H and O–H groups in total. The number of carbonyl (C=O) groups is 1. The Balaban J connectivity index is 1.89. The Morgan fingerprint density at radius 3 is 2.83 bits per heavy atom. The van der Waals surface area contributed by atoms with Gasteiger partial charge < -0.3 is 15.0 Å². The van der Waals surface area contributed by atoms with E-state index in [1.165, 1.54) is 0 Å². The van der Waals surface area contributed by atoms with Crippen LogP contribution in [0.5, 0.6) is 0 Å². The maximum Gasteiger partial charge on any atom is 0.237 e. The molecule has 6 nitrogen and oxygen atoms in total. The fraction of sp³-hybridized carbons (Fsp3) is 0.278. The Bertz CT molecular complexity index is 931. The van der Waals surface area contributed by atoms with Crippen molar-refractivity contribution in [1.29, 1.82) is 0 Å². The number of hydrogen-bond donors (Lipinski definition) is 2. The molecule has 0 saturated carbocycles. The van der Waals surface area contributed by atoms with Gasteiger partial charge in [0.15, 0.2) is 5.82 Å². The Kier molecular flexibility index (Phi) is 3.18. The molecule has 0 unspecified atom stereocenters. The minimum atomic E-state index is -0.622. The van der Waals surface area contributed by atoms with Gasteiger partial charge in [0, 0.05) is 12.7 Å². The lowest BCUT2D eigenvalue weighted by Crippen LogP contribution is -2.37. The summed E-state index contributed by atoms with van der Waals surface area (Å²) in [6, 6.07) is 9.58. The van der Waals surface area contributed by atoms with Crippen molar-refractivity contribution < 1.29 is 9.90 Å². The summed E-state index contributed by atoms with van der Waals surface area (Å²) >= 11 is 0. The molecule has 0 spiro atoms. The molecule has 0 bridgehead atoms. The highest BCUT2D eigenvalue weighted by molar-refractivity contribution is 6.09. The first-order valence-corrected chi connectivity index (χ1v) is 7.91. The van der Waals surface area contributed by atoms with Gasteiger partial charge in [-0.15, -0.1) is 0 Å². The van der Waals surface area contributed by atoms with Crippen LogP contribution < -0.4 is 4.90 Å². The quantitative estimate of drug-likeness (QED) is 0.775. The SMILES string of the molecule is CC1(C)C(=O)N(CCO)c2cc3[nH]c(-c4ccccn4)nc3cc21. The van der Waals surface area contributed by atoms with Crippen LogP contribution in [0.15, 0.2) is 36.5 Å². The lowest BCUT2D eigenvalue weighted by Gasteiger charge is -2.19. The van der Waals surface area contributed by atoms with Gasteiger partial charge in [-0.05, 0) is 43.7 Å². The Morgan fingerprint density at radius 1 is 1.29 bits per heavy atom. The number of benzene rings is 1. The smallest absolute Gasteiger partial charge is 0.237 e. The summed E-state index contributed by atoms with van der Waals surface area (Å²) < 4.78 is 0. The number of nitrogens with zero attached hydrogens (tertiary/aromatic N) is 3. The van der Waals surface area contributed by atoms with E-state index in [1.54, 1.807) is 11.1 Å². The van der Waals surface area contributed by atoms with Crippen LogP contribution in [-0.2, 0) is 10.2 Å². The van der Waals surface area contributed by atoms with Crippen molar-refractivity contribution in [2.75, 3.05) is 18.1 Å². The molecule has 0 saturated heterocycles. The van der Waals surface area contributed by atoms with E-state index in [0.29, 0.717) is 12.4 Å². The summed E-state index contributed by atoms with van der Waals surface area (Å²) in [5.41, 5.74) is 3.58. The van der Waals surface area contributed by atoms with Crippen LogP contribution in [0, 0.1) is 0 Å². The summed E-state index contributed by atoms with van der Waals surface area (Å²) in [5, 5.41) is 9.28. The fourth-order valence-electron chi connectivity index (χ4n) is 3.28. The van der Waals surface area contributed by atoms with Crippen LogP contribution in [0.2, 0.25) is 0 Å². The Morgan fingerprint density at radius 2 is 2.12 bits per heavy atom. The topological polar surface area (TPSA) is 82.1 Å². The number of aliphatic hydroxyl groups is 1. The molecule has 3 aromatic rings. The van der Waals surface area contributed by atoms with Gasteiger partial charge in [-0.3, -0.25) is 9.78 Å². The molecule has 0 aliphatic carbocycles. The zero-order chi connectivity index (χ0) is 16.9. The van der Waals surface area contributed by atoms with Gasteiger partial charge >= 0.3 is 0 Å². The zero-order valence-electron chi connectivity index (χ0n) is 13.6. The largest absolute Gasteiger partial charge is 0.395 e. The minimum absolute atomic E-state index is 0.00384. The van der Waals surface area contributed by atoms with Gasteiger partial charge in [-0.1, -0.05) is 6.07 Å². The predicted molar refractivity (Wildman–Crippen MR) is 91.8 cm³/mol. The molecular weight excluding hydrogens is 304 g/mol. The second-order valence-electron chi connectivity index (χ2n) is 6.49. The van der Waals surface area contributed by atoms with Gasteiger partial charge in [0.2, 0.25) is 5.91 Å². The molecular formula is C18H18N4O2. The van der Waals surface area contributed by atoms with Crippen LogP contribution in [0.3, 0.4) is 0 Å². The van der Waals surface area contributed by atoms with Gasteiger partial charge in [0.05, 0.1) is 28.7 Å². The van der Waals surface area contributed by atoms with Crippen molar-refractivity contribution in [1.82, 2.24) is 15.0 Å². The zero-order valence-corrected chi connectivity index (χ0v) is 13.6. The van der Waals surface area contributed by atoms with Crippen LogP contribution in [0.25, 0.3) is 22.6 Å². The normalized spacial score (nSPS) is 16.0. The maximum absolute atomic E-state index is 12.6. The summed E-state index contributed by atoms with van der Waals surface area (Å²) in [6.07, 6.45) is 1.73. The van der Waals surface area contributed by atoms with Gasteiger partial charge in [0.1, 0.15) is 5.69 Å². The van der Waals surface area contributed by atoms with E-state index < -0.39 is 5.41 Å². The van der Waals surface area contributed by atoms with E-state index in [-0.39, 0.29) is 12.5 Å². The average Bonchev–Trinajstić information content (AvgIpc) is 3.08. The third-order valence-electron chi connectivity index (χ3n) is 4.57. The van der Waals surface area contributed by atoms with Crippen molar-refractivity contribution in [3.8, 4) is 11.5 Å². The number of hydrogen-bond acceptors (Lipinski definition) is 4. The first-order valence-electron chi connectivity index (χ1n) is 7.91. The molecule has 1 aliphatic rings. The number of aromatic amines is 1. The maximum atomic E-state index is 12.6. The first-order chi connectivity index (χ1) is 11.5. The highest BCUT2D eigenvalue weighted by atomic mass is 16.3. The molecule has 0 atom stereocenters. The number of β-amino-alcohol motifs (C(OH)–C–C–N with tert-alkyl or cyclic N) is 1. The van der Waals surface area contributed by atoms with Crippen LogP contribution >= 0.6 is 0 Å². The van der Waals surface area contributed by atoms with E-state index >= 15 is 0 Å². The molecule has 2 aromatic heterocycles. The second-order valence-corrected chi connectivity index (χ2v) is 6.49. The lowest BCUT2D eigenvalue weighted by atomic mass is 9.86. The van der Waals surface area contributed by atoms with Crippen LogP contribution in [0.4, 0.5) is 5.69 Å². The Hall–Kier alpha value is -2.73. The third kappa shape index (κ3) is 2.03. The number of anilines is 1. The predicted octanol–water partition coefficient (Wildman–Crippen LogP) is 2.24. The van der Waals surface area contributed by atoms with Crippen LogP contribution in [0.1, 0.15) is 19.4 Å². The number of aromatic nitrogens is 3. The molecule has 0 radical (unpaired) electrons. The summed E-state index contributed by atoms with van der Waals surface area (Å²) in [4.78, 5) is 26.5. The molecule has 3 heterocycles. The number of aliphatic hydroxyl groups excluding tert-OH is 1. The molecule has 24 heavy (non-hydrogen) atoms. The molecule has 1 aliphatic heterocycles. The summed E-state index contributed by atoms with van der Waals surface area (Å²) in [7, 11) is 0. The average molecular weight is 322 g/mol. The number of imidazole rings is 1. The highest BCUT2D eigenvalue weighted by Crippen LogP contribution is 2.43. The lowest BCUT2D eigenvalue weighted by molar-refractivity contribution is -0.122. The summed E-state index contributed by atoms with van der Waals surface area (Å²) in [6.45, 7) is 4.04. The van der Waals surface area contributed by atoms with E-state index in [1.807, 2.05) is 44.2 Å². The number of fused-ring (bicyclic) bond motifs is 2. The Labute approximate surface area is 139 Å². The number of amides is 1. The van der Waals surface area contributed by atoms with Crippen molar-refractivity contribution in [3.05, 3.63) is 42.1 Å². The molecule has 0 fully saturated rings.